The molecule has 0 bridgehead atoms. The third-order valence-corrected chi connectivity index (χ3v) is 3.03. The summed E-state index contributed by atoms with van der Waals surface area (Å²) in [6.45, 7) is 0. The van der Waals surface area contributed by atoms with Crippen LogP contribution in [0.15, 0.2) is 0 Å². The van der Waals surface area contributed by atoms with Gasteiger partial charge in [0.2, 0.25) is 0 Å². The number of terminal acetylenes is 2. The van der Waals surface area contributed by atoms with Crippen LogP contribution in [0, 0.1) is 23.9 Å². The molecule has 0 saturated carbocycles. The van der Waals surface area contributed by atoms with Crippen LogP contribution in [-0.2, 0) is 4.12 Å². The Morgan fingerprint density at radius 3 is 1.86 bits per heavy atom. The van der Waals surface area contributed by atoms with Gasteiger partial charge in [0, 0.05) is 0 Å². The summed E-state index contributed by atoms with van der Waals surface area (Å²) >= 11 is 0. The van der Waals surface area contributed by atoms with Crippen LogP contribution in [0.25, 0.3) is 0 Å². The van der Waals surface area contributed by atoms with Crippen LogP contribution in [0.1, 0.15) is 0 Å². The lowest BCUT2D eigenvalue weighted by Crippen LogP contribution is -2.10. The number of hydrogen-bond donors (Lipinski definition) is 0. The largest absolute Gasteiger partial charge is 0.449 e. The second-order valence-corrected chi connectivity index (χ2v) is 4.26. The topological polar surface area (TPSA) is 9.23 Å². The van der Waals surface area contributed by atoms with Crippen molar-refractivity contribution in [3.8, 4) is 23.9 Å². The Kier molecular flexibility index (Phi) is 3.44. The average Bonchev–Trinajstić information content (AvgIpc) is 1.72. The van der Waals surface area contributed by atoms with E-state index in [-0.39, 0.29) is 0 Å². The van der Waals surface area contributed by atoms with Gasteiger partial charge in [-0.15, -0.1) is 12.8 Å². The van der Waals surface area contributed by atoms with E-state index in [9.17, 15) is 0 Å². The summed E-state index contributed by atoms with van der Waals surface area (Å²) in [6.07, 6.45) is 9.92. The van der Waals surface area contributed by atoms with Crippen molar-refractivity contribution >= 4 is 19.5 Å². The molecule has 7 heavy (non-hydrogen) atoms. The molecule has 0 radical (unpaired) electrons. The lowest BCUT2D eigenvalue weighted by molar-refractivity contribution is 0.664. The molecule has 0 atom stereocenters. The highest BCUT2D eigenvalue weighted by atomic mass is 28.3. The maximum Gasteiger partial charge on any atom is 0.325 e. The van der Waals surface area contributed by atoms with Crippen LogP contribution in [0.5, 0.6) is 0 Å². The predicted octanol–water partition coefficient (Wildman–Crippen LogP) is -1.65. The van der Waals surface area contributed by atoms with Crippen molar-refractivity contribution in [2.45, 2.75) is 0 Å². The third kappa shape index (κ3) is 2.24. The first-order valence-corrected chi connectivity index (χ1v) is 4.24. The molecule has 0 aliphatic carbocycles. The van der Waals surface area contributed by atoms with Crippen molar-refractivity contribution in [2.24, 2.45) is 0 Å². The molecule has 0 heterocycles. The van der Waals surface area contributed by atoms with E-state index in [0.29, 0.717) is 10.5 Å². The number of hydrogen-bond acceptors (Lipinski definition) is 1. The van der Waals surface area contributed by atoms with Gasteiger partial charge in [-0.25, -0.2) is 0 Å². The molecular weight excluding hydrogens is 120 g/mol. The Morgan fingerprint density at radius 1 is 1.43 bits per heavy atom. The van der Waals surface area contributed by atoms with Crippen LogP contribution in [-0.4, -0.2) is 19.5 Å². The van der Waals surface area contributed by atoms with E-state index in [1.54, 1.807) is 0 Å². The minimum absolute atomic E-state index is 0.668. The van der Waals surface area contributed by atoms with E-state index >= 15 is 0 Å². The van der Waals surface area contributed by atoms with Gasteiger partial charge in [-0.2, -0.15) is 0 Å². The van der Waals surface area contributed by atoms with Crippen molar-refractivity contribution in [2.75, 3.05) is 0 Å². The smallest absolute Gasteiger partial charge is 0.325 e. The second-order valence-electron chi connectivity index (χ2n) is 0.949. The zero-order chi connectivity index (χ0) is 5.70. The molecular formula is C4H6OSi2. The maximum absolute atomic E-state index is 4.96. The summed E-state index contributed by atoms with van der Waals surface area (Å²) in [6, 6.07) is 0. The summed E-state index contributed by atoms with van der Waals surface area (Å²) in [7, 11) is -0.886. The summed E-state index contributed by atoms with van der Waals surface area (Å²) in [5.74, 6) is 0. The van der Waals surface area contributed by atoms with Gasteiger partial charge in [0.15, 0.2) is 0 Å². The van der Waals surface area contributed by atoms with E-state index in [4.69, 9.17) is 17.0 Å². The molecule has 0 aliphatic rings. The van der Waals surface area contributed by atoms with Crippen LogP contribution >= 0.6 is 0 Å². The second kappa shape index (κ2) is 3.70. The molecule has 0 unspecified atom stereocenters. The number of rotatable bonds is 1. The van der Waals surface area contributed by atoms with Gasteiger partial charge in [-0.05, 0) is 0 Å². The fraction of sp³-hybridized carbons (Fsp3) is 0. The molecule has 0 aromatic carbocycles. The minimum Gasteiger partial charge on any atom is -0.449 e. The fourth-order valence-electron chi connectivity index (χ4n) is 0.184. The summed E-state index contributed by atoms with van der Waals surface area (Å²) in [4.78, 5) is 0. The molecule has 0 amide bonds. The SMILES string of the molecule is C#C[SiH](C#C)O[SiH3]. The highest BCUT2D eigenvalue weighted by Crippen LogP contribution is 1.71. The van der Waals surface area contributed by atoms with Crippen molar-refractivity contribution in [1.82, 2.24) is 0 Å². The minimum atomic E-state index is -1.55. The van der Waals surface area contributed by atoms with Gasteiger partial charge in [-0.3, -0.25) is 0 Å². The van der Waals surface area contributed by atoms with Crippen LogP contribution in [0.3, 0.4) is 0 Å². The zero-order valence-corrected chi connectivity index (χ0v) is 7.29. The van der Waals surface area contributed by atoms with E-state index in [1.165, 1.54) is 0 Å². The first kappa shape index (κ1) is 6.51. The maximum atomic E-state index is 4.96. The molecule has 0 fully saturated rings. The Labute approximate surface area is 48.3 Å². The van der Waals surface area contributed by atoms with E-state index in [1.807, 2.05) is 0 Å². The summed E-state index contributed by atoms with van der Waals surface area (Å²) < 4.78 is 4.85. The van der Waals surface area contributed by atoms with Crippen LogP contribution < -0.4 is 0 Å². The van der Waals surface area contributed by atoms with Crippen molar-refractivity contribution in [3.63, 3.8) is 0 Å². The van der Waals surface area contributed by atoms with Crippen LogP contribution in [0.4, 0.5) is 0 Å². The fourth-order valence-corrected chi connectivity index (χ4v) is 1.37. The van der Waals surface area contributed by atoms with Crippen molar-refractivity contribution < 1.29 is 4.12 Å². The third-order valence-electron chi connectivity index (χ3n) is 0.538. The normalized spacial score (nSPS) is 7.86. The first-order chi connectivity index (χ1) is 3.35. The van der Waals surface area contributed by atoms with Gasteiger partial charge >= 0.3 is 9.04 Å². The van der Waals surface area contributed by atoms with E-state index in [0.717, 1.165) is 0 Å². The van der Waals surface area contributed by atoms with Gasteiger partial charge in [-0.1, -0.05) is 11.1 Å². The van der Waals surface area contributed by atoms with Crippen LogP contribution in [0.2, 0.25) is 0 Å². The van der Waals surface area contributed by atoms with Gasteiger partial charge in [0.1, 0.15) is 10.5 Å². The Hall–Kier alpha value is -0.486. The van der Waals surface area contributed by atoms with Crippen molar-refractivity contribution in [1.29, 1.82) is 0 Å². The predicted molar refractivity (Wildman–Crippen MR) is 35.8 cm³/mol. The molecule has 1 nitrogen and oxygen atoms in total. The highest BCUT2D eigenvalue weighted by Gasteiger charge is 1.94. The lowest BCUT2D eigenvalue weighted by atomic mass is 11.4. The monoisotopic (exact) mass is 126 g/mol. The summed E-state index contributed by atoms with van der Waals surface area (Å²) in [5.41, 5.74) is 4.83. The molecule has 0 N–H and O–H groups in total. The molecule has 3 heteroatoms. The summed E-state index contributed by atoms with van der Waals surface area (Å²) in [5, 5.41) is 0. The molecule has 0 saturated heterocycles. The standard InChI is InChI=1S/C4H6OSi2/c1-3-7(4-2)5-6/h1-2,7H,6H3. The molecule has 0 aromatic rings. The highest BCUT2D eigenvalue weighted by molar-refractivity contribution is 6.71. The molecule has 0 spiro atoms. The average molecular weight is 126 g/mol. The first-order valence-electron chi connectivity index (χ1n) is 1.80. The van der Waals surface area contributed by atoms with Gasteiger partial charge in [0.25, 0.3) is 0 Å². The molecule has 36 valence electrons. The van der Waals surface area contributed by atoms with Crippen molar-refractivity contribution in [3.05, 3.63) is 0 Å². The van der Waals surface area contributed by atoms with Gasteiger partial charge in [0.05, 0.1) is 0 Å². The quantitative estimate of drug-likeness (QED) is 0.302. The molecule has 0 aliphatic heterocycles. The lowest BCUT2D eigenvalue weighted by Gasteiger charge is -1.92. The molecule has 0 aromatic heterocycles. The van der Waals surface area contributed by atoms with E-state index in [2.05, 4.69) is 11.1 Å². The molecule has 0 rings (SSSR count). The Bertz CT molecular complexity index is 105. The van der Waals surface area contributed by atoms with E-state index < -0.39 is 9.04 Å². The Balaban J connectivity index is 3.50. The Morgan fingerprint density at radius 2 is 1.86 bits per heavy atom. The zero-order valence-electron chi connectivity index (χ0n) is 4.14. The van der Waals surface area contributed by atoms with Gasteiger partial charge < -0.3 is 4.12 Å².